The van der Waals surface area contributed by atoms with E-state index in [2.05, 4.69) is 10.2 Å². The van der Waals surface area contributed by atoms with Crippen LogP contribution in [0, 0.1) is 5.51 Å². The van der Waals surface area contributed by atoms with E-state index in [1.807, 2.05) is 0 Å². The van der Waals surface area contributed by atoms with Crippen LogP contribution in [0.2, 0.25) is 0 Å². The van der Waals surface area contributed by atoms with Gasteiger partial charge in [-0.05, 0) is 0 Å². The fourth-order valence-electron chi connectivity index (χ4n) is 0.983. The molecular weight excluding hydrogens is 353 g/mol. The van der Waals surface area contributed by atoms with E-state index < -0.39 is 46.2 Å². The molecule has 121 valence electrons. The number of rotatable bonds is 4. The normalized spacial score (nSPS) is 15.4. The lowest BCUT2D eigenvalue weighted by molar-refractivity contribution is -0.424. The number of hydrogen-bond donors (Lipinski definition) is 0. The molecule has 0 saturated carbocycles. The van der Waals surface area contributed by atoms with Crippen molar-refractivity contribution in [2.75, 3.05) is 0 Å². The SMILES string of the molecule is FC(F)(F)C(F)(F)C(F)(F)C(F)(F)C(F)(F)c1nn[c]s1. The van der Waals surface area contributed by atoms with E-state index in [0.29, 0.717) is 0 Å². The molecule has 0 amide bonds. The Kier molecular flexibility index (Phi) is 3.94. The van der Waals surface area contributed by atoms with Crippen molar-refractivity contribution in [1.82, 2.24) is 10.2 Å². The zero-order valence-corrected chi connectivity index (χ0v) is 9.78. The highest BCUT2D eigenvalue weighted by molar-refractivity contribution is 7.08. The van der Waals surface area contributed by atoms with Crippen molar-refractivity contribution in [2.24, 2.45) is 0 Å². The van der Waals surface area contributed by atoms with Gasteiger partial charge in [-0.3, -0.25) is 0 Å². The predicted molar refractivity (Wildman–Crippen MR) is 43.5 cm³/mol. The van der Waals surface area contributed by atoms with Crippen LogP contribution < -0.4 is 0 Å². The van der Waals surface area contributed by atoms with E-state index >= 15 is 0 Å². The molecular formula is C7F11N2S. The minimum atomic E-state index is -7.44. The average Bonchev–Trinajstić information content (AvgIpc) is 2.80. The lowest BCUT2D eigenvalue weighted by atomic mass is 9.98. The third-order valence-corrected chi connectivity index (χ3v) is 2.84. The summed E-state index contributed by atoms with van der Waals surface area (Å²) < 4.78 is 138. The maximum atomic E-state index is 13.1. The van der Waals surface area contributed by atoms with Gasteiger partial charge in [-0.15, -0.1) is 10.2 Å². The zero-order valence-electron chi connectivity index (χ0n) is 8.96. The lowest BCUT2D eigenvalue weighted by Crippen LogP contribution is -2.65. The smallest absolute Gasteiger partial charge is 0.192 e. The van der Waals surface area contributed by atoms with Gasteiger partial charge in [0, 0.05) is 0 Å². The average molecular weight is 353 g/mol. The first-order valence-electron chi connectivity index (χ1n) is 4.38. The fourth-order valence-corrected chi connectivity index (χ4v) is 1.49. The van der Waals surface area contributed by atoms with Gasteiger partial charge in [-0.2, -0.15) is 48.3 Å². The molecule has 0 aliphatic carbocycles. The van der Waals surface area contributed by atoms with Gasteiger partial charge in [-0.1, -0.05) is 11.3 Å². The highest BCUT2D eigenvalue weighted by atomic mass is 32.1. The zero-order chi connectivity index (χ0) is 16.9. The van der Waals surface area contributed by atoms with Gasteiger partial charge in [0.15, 0.2) is 10.5 Å². The van der Waals surface area contributed by atoms with Crippen LogP contribution in [0.25, 0.3) is 0 Å². The summed E-state index contributed by atoms with van der Waals surface area (Å²) in [4.78, 5) is 0. The van der Waals surface area contributed by atoms with Crippen LogP contribution in [0.15, 0.2) is 0 Å². The van der Waals surface area contributed by atoms with Gasteiger partial charge >= 0.3 is 29.9 Å². The molecule has 0 saturated heterocycles. The summed E-state index contributed by atoms with van der Waals surface area (Å²) in [5.74, 6) is -28.1. The predicted octanol–water partition coefficient (Wildman–Crippen LogP) is 3.90. The summed E-state index contributed by atoms with van der Waals surface area (Å²) in [5.41, 5.74) is 1.44. The monoisotopic (exact) mass is 353 g/mol. The Balaban J connectivity index is 3.41. The second kappa shape index (κ2) is 4.64. The highest BCUT2D eigenvalue weighted by Crippen LogP contribution is 2.59. The second-order valence-electron chi connectivity index (χ2n) is 3.49. The topological polar surface area (TPSA) is 25.8 Å². The van der Waals surface area contributed by atoms with E-state index in [-0.39, 0.29) is 0 Å². The van der Waals surface area contributed by atoms with Gasteiger partial charge in [0.2, 0.25) is 0 Å². The molecule has 14 heteroatoms. The van der Waals surface area contributed by atoms with Crippen molar-refractivity contribution in [1.29, 1.82) is 0 Å². The highest BCUT2D eigenvalue weighted by Gasteiger charge is 2.87. The van der Waals surface area contributed by atoms with Crippen molar-refractivity contribution < 1.29 is 48.3 Å². The summed E-state index contributed by atoms with van der Waals surface area (Å²) in [6, 6.07) is 0. The lowest BCUT2D eigenvalue weighted by Gasteiger charge is -2.36. The fraction of sp³-hybridized carbons (Fsp3) is 0.714. The molecule has 2 nitrogen and oxygen atoms in total. The van der Waals surface area contributed by atoms with Crippen molar-refractivity contribution in [2.45, 2.75) is 29.9 Å². The van der Waals surface area contributed by atoms with Crippen LogP contribution in [0.1, 0.15) is 5.01 Å². The van der Waals surface area contributed by atoms with E-state index in [9.17, 15) is 48.3 Å². The quantitative estimate of drug-likeness (QED) is 0.768. The molecule has 1 rings (SSSR count). The Bertz CT molecular complexity index is 491. The summed E-state index contributed by atoms with van der Waals surface area (Å²) in [7, 11) is 0. The number of aromatic nitrogens is 2. The van der Waals surface area contributed by atoms with Crippen molar-refractivity contribution in [3.05, 3.63) is 10.5 Å². The molecule has 0 N–H and O–H groups in total. The Morgan fingerprint density at radius 2 is 1.19 bits per heavy atom. The van der Waals surface area contributed by atoms with Gasteiger partial charge in [-0.25, -0.2) is 0 Å². The van der Waals surface area contributed by atoms with E-state index in [1.54, 1.807) is 0 Å². The number of halogens is 11. The van der Waals surface area contributed by atoms with Crippen LogP contribution in [0.3, 0.4) is 0 Å². The third kappa shape index (κ3) is 2.32. The standard InChI is InChI=1S/C7F11N2S/c8-3(9,2-20-19-1-21-2)4(10,11)5(12,13)6(14,15)7(16,17)18. The van der Waals surface area contributed by atoms with E-state index in [0.717, 1.165) is 0 Å². The molecule has 1 radical (unpaired) electrons. The van der Waals surface area contributed by atoms with E-state index in [4.69, 9.17) is 0 Å². The van der Waals surface area contributed by atoms with Crippen LogP contribution in [-0.4, -0.2) is 34.1 Å². The third-order valence-electron chi connectivity index (χ3n) is 2.13. The van der Waals surface area contributed by atoms with Crippen LogP contribution >= 0.6 is 11.3 Å². The van der Waals surface area contributed by atoms with Crippen LogP contribution in [-0.2, 0) is 5.92 Å². The molecule has 1 heterocycles. The molecule has 0 aliphatic heterocycles. The molecule has 0 spiro atoms. The van der Waals surface area contributed by atoms with Crippen molar-refractivity contribution in [3.8, 4) is 0 Å². The minimum Gasteiger partial charge on any atom is -0.192 e. The molecule has 0 aromatic carbocycles. The number of nitrogens with zero attached hydrogens (tertiary/aromatic N) is 2. The Hall–Kier alpha value is -1.21. The van der Waals surface area contributed by atoms with Gasteiger partial charge in [0.05, 0.1) is 0 Å². The molecule has 0 atom stereocenters. The Morgan fingerprint density at radius 3 is 1.52 bits per heavy atom. The molecule has 0 fully saturated rings. The molecule has 1 aromatic rings. The summed E-state index contributed by atoms with van der Waals surface area (Å²) in [6.45, 7) is 0. The molecule has 0 aliphatic rings. The van der Waals surface area contributed by atoms with E-state index in [1.165, 1.54) is 5.51 Å². The number of alkyl halides is 11. The van der Waals surface area contributed by atoms with Gasteiger partial charge in [0.25, 0.3) is 0 Å². The van der Waals surface area contributed by atoms with Crippen molar-refractivity contribution in [3.63, 3.8) is 0 Å². The van der Waals surface area contributed by atoms with Crippen LogP contribution in [0.5, 0.6) is 0 Å². The number of hydrogen-bond acceptors (Lipinski definition) is 3. The summed E-state index contributed by atoms with van der Waals surface area (Å²) in [6.07, 6.45) is -7.18. The minimum absolute atomic E-state index is 0.546. The van der Waals surface area contributed by atoms with Gasteiger partial charge < -0.3 is 0 Å². The largest absolute Gasteiger partial charge is 0.460 e. The molecule has 1 aromatic heterocycles. The maximum absolute atomic E-state index is 13.1. The van der Waals surface area contributed by atoms with Crippen LogP contribution in [0.4, 0.5) is 48.3 Å². The first-order chi connectivity index (χ1) is 9.11. The molecule has 21 heavy (non-hydrogen) atoms. The summed E-state index contributed by atoms with van der Waals surface area (Å²) >= 11 is -0.546. The Labute approximate surface area is 111 Å². The summed E-state index contributed by atoms with van der Waals surface area (Å²) in [5, 5.41) is 2.52. The second-order valence-corrected chi connectivity index (χ2v) is 4.27. The first kappa shape index (κ1) is 17.8. The Morgan fingerprint density at radius 1 is 0.714 bits per heavy atom. The maximum Gasteiger partial charge on any atom is 0.460 e. The molecule has 0 bridgehead atoms. The van der Waals surface area contributed by atoms with Gasteiger partial charge in [0.1, 0.15) is 0 Å². The first-order valence-corrected chi connectivity index (χ1v) is 5.20. The molecule has 0 unspecified atom stereocenters. The van der Waals surface area contributed by atoms with Crippen molar-refractivity contribution >= 4 is 11.3 Å².